The third kappa shape index (κ3) is 7.16. The Morgan fingerprint density at radius 3 is 2.23 bits per heavy atom. The van der Waals surface area contributed by atoms with Crippen LogP contribution in [0.4, 0.5) is 0 Å². The zero-order valence-electron chi connectivity index (χ0n) is 8.10. The highest BCUT2D eigenvalue weighted by atomic mass is 31.2. The molecule has 1 atom stereocenters. The van der Waals surface area contributed by atoms with Crippen molar-refractivity contribution in [2.75, 3.05) is 6.61 Å². The fourth-order valence-corrected chi connectivity index (χ4v) is 0.876. The van der Waals surface area contributed by atoms with Crippen LogP contribution in [0.25, 0.3) is 0 Å². The van der Waals surface area contributed by atoms with Gasteiger partial charge in [0, 0.05) is 0 Å². The first-order valence-corrected chi connectivity index (χ1v) is 5.70. The topological polar surface area (TPSA) is 87.0 Å². The van der Waals surface area contributed by atoms with Crippen molar-refractivity contribution in [3.63, 3.8) is 0 Å². The Labute approximate surface area is 77.9 Å². The molecule has 0 aromatic rings. The summed E-state index contributed by atoms with van der Waals surface area (Å²) >= 11 is 0. The predicted molar refractivity (Wildman–Crippen MR) is 48.4 cm³/mol. The molecule has 0 aromatic carbocycles. The van der Waals surface area contributed by atoms with Gasteiger partial charge in [-0.1, -0.05) is 0 Å². The molecule has 1 unspecified atom stereocenters. The summed E-state index contributed by atoms with van der Waals surface area (Å²) in [5, 5.41) is 9.26. The van der Waals surface area contributed by atoms with Crippen molar-refractivity contribution in [3.8, 4) is 0 Å². The van der Waals surface area contributed by atoms with Gasteiger partial charge in [0.05, 0.1) is 12.2 Å². The van der Waals surface area contributed by atoms with Gasteiger partial charge < -0.3 is 19.6 Å². The van der Waals surface area contributed by atoms with Crippen LogP contribution in [0.5, 0.6) is 0 Å². The van der Waals surface area contributed by atoms with Gasteiger partial charge in [0.1, 0.15) is 0 Å². The monoisotopic (exact) mass is 212 g/mol. The summed E-state index contributed by atoms with van der Waals surface area (Å²) in [7, 11) is -4.14. The third-order valence-corrected chi connectivity index (χ3v) is 2.64. The van der Waals surface area contributed by atoms with Crippen molar-refractivity contribution < 1.29 is 24.2 Å². The molecule has 0 aliphatic rings. The Morgan fingerprint density at radius 1 is 1.46 bits per heavy atom. The molecule has 0 aliphatic carbocycles. The molecule has 0 saturated heterocycles. The Kier molecular flexibility index (Phi) is 4.55. The fraction of sp³-hybridized carbons (Fsp3) is 1.00. The summed E-state index contributed by atoms with van der Waals surface area (Å²) < 4.78 is 15.5. The van der Waals surface area contributed by atoms with Crippen LogP contribution in [0.2, 0.25) is 0 Å². The predicted octanol–water partition coefficient (Wildman–Crippen LogP) is 0.688. The number of hydrogen-bond acceptors (Lipinski definition) is 3. The molecule has 0 heterocycles. The van der Waals surface area contributed by atoms with Crippen LogP contribution in [0.1, 0.15) is 27.2 Å². The van der Waals surface area contributed by atoms with E-state index in [1.54, 1.807) is 13.8 Å². The zero-order valence-corrected chi connectivity index (χ0v) is 8.99. The minimum absolute atomic E-state index is 0.135. The Morgan fingerprint density at radius 2 is 1.92 bits per heavy atom. The standard InChI is InChI=1S/C7H17O5P/c1-6(13(9,10)11)12-5-4-7(2,3)8/h6,8H,4-5H2,1-3H3,(H2,9,10,11). The molecule has 13 heavy (non-hydrogen) atoms. The molecule has 0 spiro atoms. The van der Waals surface area contributed by atoms with Crippen molar-refractivity contribution in [1.82, 2.24) is 0 Å². The minimum Gasteiger partial charge on any atom is -0.390 e. The van der Waals surface area contributed by atoms with Crippen LogP contribution in [0.3, 0.4) is 0 Å². The van der Waals surface area contributed by atoms with E-state index < -0.39 is 19.0 Å². The second kappa shape index (κ2) is 4.53. The van der Waals surface area contributed by atoms with E-state index in [1.807, 2.05) is 0 Å². The summed E-state index contributed by atoms with van der Waals surface area (Å²) in [5.41, 5.74) is -0.866. The van der Waals surface area contributed by atoms with E-state index in [0.717, 1.165) is 0 Å². The van der Waals surface area contributed by atoms with Gasteiger partial charge in [0.15, 0.2) is 5.85 Å². The molecule has 0 aliphatic heterocycles. The van der Waals surface area contributed by atoms with Gasteiger partial charge in [0.2, 0.25) is 0 Å². The molecular weight excluding hydrogens is 195 g/mol. The summed E-state index contributed by atoms with van der Waals surface area (Å²) in [6, 6.07) is 0. The molecule has 6 heteroatoms. The first-order chi connectivity index (χ1) is 5.63. The van der Waals surface area contributed by atoms with E-state index in [0.29, 0.717) is 6.42 Å². The van der Waals surface area contributed by atoms with Crippen LogP contribution in [-0.4, -0.2) is 32.9 Å². The molecule has 0 rings (SSSR count). The molecule has 5 nitrogen and oxygen atoms in total. The molecular formula is C7H17O5P. The lowest BCUT2D eigenvalue weighted by molar-refractivity contribution is 0.0180. The Balaban J connectivity index is 3.73. The smallest absolute Gasteiger partial charge is 0.353 e. The maximum absolute atomic E-state index is 10.6. The molecule has 0 fully saturated rings. The van der Waals surface area contributed by atoms with E-state index in [-0.39, 0.29) is 6.61 Å². The molecule has 0 bridgehead atoms. The summed E-state index contributed by atoms with van der Waals surface area (Å²) in [5.74, 6) is -1.10. The van der Waals surface area contributed by atoms with Crippen LogP contribution in [0.15, 0.2) is 0 Å². The van der Waals surface area contributed by atoms with Gasteiger partial charge in [-0.05, 0) is 27.2 Å². The zero-order chi connectivity index (χ0) is 10.7. The third-order valence-electron chi connectivity index (χ3n) is 1.55. The minimum atomic E-state index is -4.14. The first kappa shape index (κ1) is 13.1. The van der Waals surface area contributed by atoms with Crippen LogP contribution in [0, 0.1) is 0 Å². The lowest BCUT2D eigenvalue weighted by atomic mass is 10.1. The largest absolute Gasteiger partial charge is 0.390 e. The Hall–Kier alpha value is 0.0700. The SMILES string of the molecule is CC(OCCC(C)(C)O)P(=O)(O)O. The van der Waals surface area contributed by atoms with Crippen molar-refractivity contribution in [2.24, 2.45) is 0 Å². The van der Waals surface area contributed by atoms with Crippen LogP contribution < -0.4 is 0 Å². The lowest BCUT2D eigenvalue weighted by Gasteiger charge is -2.19. The number of aliphatic hydroxyl groups is 1. The average Bonchev–Trinajstić information content (AvgIpc) is 1.82. The Bertz CT molecular complexity index is 192. The normalized spacial score (nSPS) is 15.8. The van der Waals surface area contributed by atoms with E-state index in [4.69, 9.17) is 14.5 Å². The highest BCUT2D eigenvalue weighted by molar-refractivity contribution is 7.52. The van der Waals surface area contributed by atoms with Crippen LogP contribution in [-0.2, 0) is 9.30 Å². The van der Waals surface area contributed by atoms with Gasteiger partial charge in [0.25, 0.3) is 0 Å². The summed E-state index contributed by atoms with van der Waals surface area (Å²) in [6.07, 6.45) is 0.345. The summed E-state index contributed by atoms with van der Waals surface area (Å²) in [4.78, 5) is 17.3. The maximum atomic E-state index is 10.6. The van der Waals surface area contributed by atoms with Crippen molar-refractivity contribution in [3.05, 3.63) is 0 Å². The second-order valence-corrected chi connectivity index (χ2v) is 5.53. The molecule has 0 amide bonds. The quantitative estimate of drug-likeness (QED) is 0.583. The average molecular weight is 212 g/mol. The molecule has 80 valence electrons. The summed E-state index contributed by atoms with van der Waals surface area (Å²) in [6.45, 7) is 4.66. The van der Waals surface area contributed by atoms with Gasteiger partial charge in [-0.15, -0.1) is 0 Å². The van der Waals surface area contributed by atoms with Gasteiger partial charge >= 0.3 is 7.60 Å². The molecule has 0 saturated carbocycles. The lowest BCUT2D eigenvalue weighted by Crippen LogP contribution is -2.22. The van der Waals surface area contributed by atoms with Crippen molar-refractivity contribution in [1.29, 1.82) is 0 Å². The van der Waals surface area contributed by atoms with Gasteiger partial charge in [-0.2, -0.15) is 0 Å². The highest BCUT2D eigenvalue weighted by Gasteiger charge is 2.25. The molecule has 0 radical (unpaired) electrons. The van der Waals surface area contributed by atoms with Crippen molar-refractivity contribution in [2.45, 2.75) is 38.6 Å². The first-order valence-electron chi connectivity index (χ1n) is 4.02. The number of hydrogen-bond donors (Lipinski definition) is 3. The fourth-order valence-electron chi connectivity index (χ4n) is 0.576. The van der Waals surface area contributed by atoms with Crippen LogP contribution >= 0.6 is 7.60 Å². The van der Waals surface area contributed by atoms with Crippen molar-refractivity contribution >= 4 is 7.60 Å². The second-order valence-electron chi connectivity index (χ2n) is 3.62. The van der Waals surface area contributed by atoms with E-state index in [1.165, 1.54) is 6.92 Å². The van der Waals surface area contributed by atoms with E-state index in [9.17, 15) is 9.67 Å². The van der Waals surface area contributed by atoms with Gasteiger partial charge in [-0.25, -0.2) is 0 Å². The number of rotatable bonds is 5. The maximum Gasteiger partial charge on any atom is 0.353 e. The van der Waals surface area contributed by atoms with E-state index in [2.05, 4.69) is 0 Å². The van der Waals surface area contributed by atoms with E-state index >= 15 is 0 Å². The molecule has 3 N–H and O–H groups in total. The number of ether oxygens (including phenoxy) is 1. The van der Waals surface area contributed by atoms with Gasteiger partial charge in [-0.3, -0.25) is 4.57 Å². The highest BCUT2D eigenvalue weighted by Crippen LogP contribution is 2.41. The molecule has 0 aromatic heterocycles.